The van der Waals surface area contributed by atoms with Crippen molar-refractivity contribution < 1.29 is 4.79 Å². The zero-order valence-electron chi connectivity index (χ0n) is 17.6. The minimum atomic E-state index is 0. The average Bonchev–Trinajstić information content (AvgIpc) is 3.26. The number of nitrogens with one attached hydrogen (secondary N) is 1. The smallest absolute Gasteiger partial charge is 0.222 e. The Hall–Kier alpha value is -0.810. The summed E-state index contributed by atoms with van der Waals surface area (Å²) >= 11 is 0. The zero-order chi connectivity index (χ0) is 18.6. The fraction of sp³-hybridized carbons (Fsp3) is 0.696. The van der Waals surface area contributed by atoms with Crippen molar-refractivity contribution in [3.05, 3.63) is 35.9 Å². The number of fused-ring (bicyclic) bond motifs is 2. The third-order valence-electron chi connectivity index (χ3n) is 6.87. The van der Waals surface area contributed by atoms with E-state index in [1.807, 2.05) is 0 Å². The first-order chi connectivity index (χ1) is 13.2. The molecule has 0 radical (unpaired) electrons. The molecule has 4 rings (SSSR count). The molecule has 3 unspecified atom stereocenters. The van der Waals surface area contributed by atoms with E-state index in [2.05, 4.69) is 52.4 Å². The normalized spacial score (nSPS) is 28.4. The Morgan fingerprint density at radius 2 is 1.76 bits per heavy atom. The second kappa shape index (κ2) is 11.5. The van der Waals surface area contributed by atoms with Gasteiger partial charge >= 0.3 is 0 Å². The Kier molecular flexibility index (Phi) is 9.74. The van der Waals surface area contributed by atoms with E-state index in [9.17, 15) is 4.79 Å². The van der Waals surface area contributed by atoms with Gasteiger partial charge in [-0.2, -0.15) is 0 Å². The maximum absolute atomic E-state index is 12.9. The number of likely N-dealkylation sites (tertiary alicyclic amines) is 1. The average molecular weight is 442 g/mol. The van der Waals surface area contributed by atoms with E-state index >= 15 is 0 Å². The summed E-state index contributed by atoms with van der Waals surface area (Å²) in [5.74, 6) is 1.62. The molecular formula is C23H37Cl2N3O. The molecule has 3 aliphatic heterocycles. The van der Waals surface area contributed by atoms with E-state index in [1.54, 1.807) is 0 Å². The second-order valence-electron chi connectivity index (χ2n) is 8.99. The number of nitrogens with zero attached hydrogens (tertiary/aromatic N) is 2. The number of carbonyl (C=O) groups is 1. The van der Waals surface area contributed by atoms with Gasteiger partial charge in [0.05, 0.1) is 0 Å². The lowest BCUT2D eigenvalue weighted by Gasteiger charge is -2.31. The lowest BCUT2D eigenvalue weighted by atomic mass is 9.89. The molecule has 3 saturated heterocycles. The Morgan fingerprint density at radius 3 is 2.41 bits per heavy atom. The lowest BCUT2D eigenvalue weighted by Crippen LogP contribution is -2.41. The van der Waals surface area contributed by atoms with Crippen molar-refractivity contribution >= 4 is 30.7 Å². The van der Waals surface area contributed by atoms with Gasteiger partial charge in [-0.05, 0) is 63.0 Å². The first-order valence-corrected chi connectivity index (χ1v) is 11.0. The monoisotopic (exact) mass is 441 g/mol. The highest BCUT2D eigenvalue weighted by atomic mass is 35.5. The molecule has 1 aromatic rings. The van der Waals surface area contributed by atoms with Gasteiger partial charge in [0.2, 0.25) is 5.91 Å². The van der Waals surface area contributed by atoms with Crippen molar-refractivity contribution in [2.75, 3.05) is 26.2 Å². The molecule has 1 amide bonds. The van der Waals surface area contributed by atoms with E-state index in [4.69, 9.17) is 0 Å². The first-order valence-electron chi connectivity index (χ1n) is 11.0. The van der Waals surface area contributed by atoms with Gasteiger partial charge in [-0.25, -0.2) is 0 Å². The van der Waals surface area contributed by atoms with E-state index in [0.29, 0.717) is 29.8 Å². The van der Waals surface area contributed by atoms with Crippen LogP contribution < -0.4 is 5.32 Å². The SMILES string of the molecule is CCN(CC1CCN(Cc2ccccc2)C1)C(=O)CC1CC2CCC(C1)N2.Cl.Cl. The van der Waals surface area contributed by atoms with Crippen molar-refractivity contribution in [3.8, 4) is 0 Å². The number of rotatable bonds is 7. The van der Waals surface area contributed by atoms with Crippen LogP contribution in [0.3, 0.4) is 0 Å². The molecule has 0 aromatic heterocycles. The van der Waals surface area contributed by atoms with E-state index in [-0.39, 0.29) is 24.8 Å². The summed E-state index contributed by atoms with van der Waals surface area (Å²) < 4.78 is 0. The Labute approximate surface area is 188 Å². The molecule has 3 fully saturated rings. The standard InChI is InChI=1S/C23H35N3O.2ClH/c1-2-26(23(27)14-20-12-21-8-9-22(13-20)24-21)17-19-10-11-25(16-19)15-18-6-4-3-5-7-18;;/h3-7,19-22,24H,2,8-17H2,1H3;2*1H. The van der Waals surface area contributed by atoms with Crippen LogP contribution >= 0.6 is 24.8 Å². The minimum Gasteiger partial charge on any atom is -0.343 e. The van der Waals surface area contributed by atoms with Crippen LogP contribution in [-0.4, -0.2) is 54.0 Å². The fourth-order valence-corrected chi connectivity index (χ4v) is 5.48. The molecule has 3 heterocycles. The molecule has 0 spiro atoms. The van der Waals surface area contributed by atoms with Gasteiger partial charge in [0.1, 0.15) is 0 Å². The molecule has 3 atom stereocenters. The first kappa shape index (κ1) is 24.5. The maximum Gasteiger partial charge on any atom is 0.222 e. The van der Waals surface area contributed by atoms with Crippen molar-refractivity contribution in [1.82, 2.24) is 15.1 Å². The number of halogens is 2. The molecular weight excluding hydrogens is 405 g/mol. The molecule has 164 valence electrons. The lowest BCUT2D eigenvalue weighted by molar-refractivity contribution is -0.132. The van der Waals surface area contributed by atoms with Crippen LogP contribution in [0.25, 0.3) is 0 Å². The van der Waals surface area contributed by atoms with Gasteiger partial charge in [-0.3, -0.25) is 9.69 Å². The van der Waals surface area contributed by atoms with Crippen LogP contribution in [0.2, 0.25) is 0 Å². The van der Waals surface area contributed by atoms with Crippen LogP contribution in [-0.2, 0) is 11.3 Å². The predicted octanol–water partition coefficient (Wildman–Crippen LogP) is 4.12. The molecule has 0 saturated carbocycles. The highest BCUT2D eigenvalue weighted by Crippen LogP contribution is 2.33. The molecule has 3 aliphatic rings. The van der Waals surface area contributed by atoms with Gasteiger partial charge < -0.3 is 10.2 Å². The largest absolute Gasteiger partial charge is 0.343 e. The summed E-state index contributed by atoms with van der Waals surface area (Å²) in [6.07, 6.45) is 7.01. The Balaban J connectivity index is 0.00000150. The summed E-state index contributed by atoms with van der Waals surface area (Å²) in [6.45, 7) is 7.25. The number of piperidine rings is 1. The molecule has 1 aromatic carbocycles. The highest BCUT2D eigenvalue weighted by Gasteiger charge is 2.35. The molecule has 29 heavy (non-hydrogen) atoms. The van der Waals surface area contributed by atoms with Crippen molar-refractivity contribution in [2.24, 2.45) is 11.8 Å². The number of amides is 1. The quantitative estimate of drug-likeness (QED) is 0.690. The van der Waals surface area contributed by atoms with E-state index in [1.165, 1.54) is 37.7 Å². The molecule has 1 N–H and O–H groups in total. The number of benzene rings is 1. The van der Waals surface area contributed by atoms with Gasteiger partial charge in [0.15, 0.2) is 0 Å². The third kappa shape index (κ3) is 6.58. The molecule has 4 nitrogen and oxygen atoms in total. The van der Waals surface area contributed by atoms with Crippen molar-refractivity contribution in [3.63, 3.8) is 0 Å². The van der Waals surface area contributed by atoms with Crippen LogP contribution in [0.1, 0.15) is 51.0 Å². The van der Waals surface area contributed by atoms with Gasteiger partial charge in [0.25, 0.3) is 0 Å². The summed E-state index contributed by atoms with van der Waals surface area (Å²) in [4.78, 5) is 17.6. The minimum absolute atomic E-state index is 0. The van der Waals surface area contributed by atoms with Gasteiger partial charge in [-0.1, -0.05) is 30.3 Å². The van der Waals surface area contributed by atoms with Crippen molar-refractivity contribution in [2.45, 2.75) is 64.1 Å². The fourth-order valence-electron chi connectivity index (χ4n) is 5.48. The van der Waals surface area contributed by atoms with Gasteiger partial charge in [-0.15, -0.1) is 24.8 Å². The maximum atomic E-state index is 12.9. The van der Waals surface area contributed by atoms with Crippen molar-refractivity contribution in [1.29, 1.82) is 0 Å². The zero-order valence-corrected chi connectivity index (χ0v) is 19.2. The Bertz CT molecular complexity index is 618. The van der Waals surface area contributed by atoms with Crippen LogP contribution in [0.4, 0.5) is 0 Å². The molecule has 2 bridgehead atoms. The topological polar surface area (TPSA) is 35.6 Å². The summed E-state index contributed by atoms with van der Waals surface area (Å²) in [7, 11) is 0. The molecule has 6 heteroatoms. The summed E-state index contributed by atoms with van der Waals surface area (Å²) in [6, 6.07) is 12.1. The number of carbonyl (C=O) groups excluding carboxylic acids is 1. The predicted molar refractivity (Wildman–Crippen MR) is 124 cm³/mol. The van der Waals surface area contributed by atoms with Crippen LogP contribution in [0, 0.1) is 11.8 Å². The Morgan fingerprint density at radius 1 is 1.07 bits per heavy atom. The highest BCUT2D eigenvalue weighted by molar-refractivity contribution is 5.85. The van der Waals surface area contributed by atoms with Gasteiger partial charge in [0, 0.05) is 44.7 Å². The summed E-state index contributed by atoms with van der Waals surface area (Å²) in [5.41, 5.74) is 1.39. The van der Waals surface area contributed by atoms with Crippen LogP contribution in [0.5, 0.6) is 0 Å². The molecule has 0 aliphatic carbocycles. The third-order valence-corrected chi connectivity index (χ3v) is 6.87. The second-order valence-corrected chi connectivity index (χ2v) is 8.99. The van der Waals surface area contributed by atoms with E-state index < -0.39 is 0 Å². The van der Waals surface area contributed by atoms with Crippen LogP contribution in [0.15, 0.2) is 30.3 Å². The number of hydrogen-bond donors (Lipinski definition) is 1. The van der Waals surface area contributed by atoms with E-state index in [0.717, 1.165) is 39.1 Å². The number of hydrogen-bond acceptors (Lipinski definition) is 3. The summed E-state index contributed by atoms with van der Waals surface area (Å²) in [5, 5.41) is 3.69.